The number of Topliss-reactive ketones (excluding diaryl/α,β-unsaturated/α-hetero) is 1. The maximum atomic E-state index is 12.2. The van der Waals surface area contributed by atoms with Crippen LogP contribution in [-0.4, -0.2) is 61.1 Å². The Kier molecular flexibility index (Phi) is 7.47. The molecule has 0 unspecified atom stereocenters. The van der Waals surface area contributed by atoms with E-state index in [1.54, 1.807) is 23.1 Å². The molecule has 1 aromatic carbocycles. The highest BCUT2D eigenvalue weighted by Gasteiger charge is 2.27. The third kappa shape index (κ3) is 6.96. The maximum Gasteiger partial charge on any atom is 0.410 e. The van der Waals surface area contributed by atoms with E-state index in [0.29, 0.717) is 43.0 Å². The van der Waals surface area contributed by atoms with Crippen molar-refractivity contribution >= 4 is 17.8 Å². The van der Waals surface area contributed by atoms with Crippen LogP contribution in [0.4, 0.5) is 4.79 Å². The summed E-state index contributed by atoms with van der Waals surface area (Å²) in [6, 6.07) is 4.81. The van der Waals surface area contributed by atoms with Gasteiger partial charge in [-0.2, -0.15) is 0 Å². The van der Waals surface area contributed by atoms with Crippen LogP contribution in [0.5, 0.6) is 11.5 Å². The molecule has 0 bridgehead atoms. The van der Waals surface area contributed by atoms with Crippen molar-refractivity contribution in [2.24, 2.45) is 0 Å². The first-order chi connectivity index (χ1) is 13.6. The second kappa shape index (κ2) is 9.62. The zero-order chi connectivity index (χ0) is 21.6. The summed E-state index contributed by atoms with van der Waals surface area (Å²) in [5, 5.41) is 2.93. The highest BCUT2D eigenvalue weighted by Crippen LogP contribution is 2.28. The molecule has 8 heteroatoms. The number of piperidine rings is 1. The van der Waals surface area contributed by atoms with Gasteiger partial charge in [0.1, 0.15) is 5.60 Å². The van der Waals surface area contributed by atoms with Gasteiger partial charge in [0.15, 0.2) is 23.9 Å². The third-order valence-corrected chi connectivity index (χ3v) is 4.44. The Hall–Kier alpha value is -2.77. The molecule has 0 saturated carbocycles. The van der Waals surface area contributed by atoms with Crippen molar-refractivity contribution in [3.8, 4) is 11.5 Å². The van der Waals surface area contributed by atoms with Crippen LogP contribution in [0, 0.1) is 0 Å². The molecule has 0 atom stereocenters. The number of likely N-dealkylation sites (tertiary alicyclic amines) is 1. The standard InChI is InChI=1S/C21H30N2O6/c1-14(24)15-6-7-17(18(12-15)27-5)28-13-19(25)22-16-8-10-23(11-9-16)20(26)29-21(2,3)4/h6-7,12,16H,8-11,13H2,1-5H3,(H,22,25). The second-order valence-corrected chi connectivity index (χ2v) is 8.02. The van der Waals surface area contributed by atoms with Gasteiger partial charge >= 0.3 is 6.09 Å². The van der Waals surface area contributed by atoms with Gasteiger partial charge in [-0.25, -0.2) is 4.79 Å². The first-order valence-corrected chi connectivity index (χ1v) is 9.68. The maximum absolute atomic E-state index is 12.2. The zero-order valence-corrected chi connectivity index (χ0v) is 17.7. The highest BCUT2D eigenvalue weighted by atomic mass is 16.6. The van der Waals surface area contributed by atoms with Crippen LogP contribution in [-0.2, 0) is 9.53 Å². The Morgan fingerprint density at radius 1 is 1.14 bits per heavy atom. The van der Waals surface area contributed by atoms with E-state index in [4.69, 9.17) is 14.2 Å². The minimum Gasteiger partial charge on any atom is -0.493 e. The number of nitrogens with one attached hydrogen (secondary N) is 1. The summed E-state index contributed by atoms with van der Waals surface area (Å²) in [7, 11) is 1.48. The molecule has 2 rings (SSSR count). The van der Waals surface area contributed by atoms with Crippen LogP contribution in [0.1, 0.15) is 50.9 Å². The summed E-state index contributed by atoms with van der Waals surface area (Å²) < 4.78 is 16.1. The molecule has 2 amide bonds. The Bertz CT molecular complexity index is 748. The molecule has 8 nitrogen and oxygen atoms in total. The lowest BCUT2D eigenvalue weighted by Gasteiger charge is -2.33. The Balaban J connectivity index is 1.79. The second-order valence-electron chi connectivity index (χ2n) is 8.02. The molecule has 1 aliphatic heterocycles. The lowest BCUT2D eigenvalue weighted by molar-refractivity contribution is -0.124. The number of carbonyl (C=O) groups is 3. The minimum atomic E-state index is -0.525. The third-order valence-electron chi connectivity index (χ3n) is 4.44. The predicted octanol–water partition coefficient (Wildman–Crippen LogP) is 2.79. The minimum absolute atomic E-state index is 0.0215. The van der Waals surface area contributed by atoms with Gasteiger partial charge in [-0.3, -0.25) is 9.59 Å². The van der Waals surface area contributed by atoms with E-state index in [9.17, 15) is 14.4 Å². The first kappa shape index (κ1) is 22.5. The lowest BCUT2D eigenvalue weighted by atomic mass is 10.1. The molecule has 0 aromatic heterocycles. The number of ether oxygens (including phenoxy) is 3. The zero-order valence-electron chi connectivity index (χ0n) is 17.7. The topological polar surface area (TPSA) is 94.2 Å². The number of benzene rings is 1. The Morgan fingerprint density at radius 3 is 2.34 bits per heavy atom. The van der Waals surface area contributed by atoms with E-state index < -0.39 is 5.60 Å². The van der Waals surface area contributed by atoms with Gasteiger partial charge in [0.2, 0.25) is 0 Å². The molecule has 1 N–H and O–H groups in total. The number of carbonyl (C=O) groups excluding carboxylic acids is 3. The number of hydrogen-bond donors (Lipinski definition) is 1. The van der Waals surface area contributed by atoms with E-state index in [1.807, 2.05) is 20.8 Å². The molecule has 0 spiro atoms. The van der Waals surface area contributed by atoms with Crippen molar-refractivity contribution in [3.63, 3.8) is 0 Å². The molecule has 1 heterocycles. The van der Waals surface area contributed by atoms with Crippen molar-refractivity contribution in [2.45, 2.75) is 52.2 Å². The summed E-state index contributed by atoms with van der Waals surface area (Å²) in [6.45, 7) is 7.86. The van der Waals surface area contributed by atoms with Gasteiger partial charge in [-0.05, 0) is 58.7 Å². The Morgan fingerprint density at radius 2 is 1.79 bits per heavy atom. The van der Waals surface area contributed by atoms with Crippen LogP contribution < -0.4 is 14.8 Å². The normalized spacial score (nSPS) is 14.9. The lowest BCUT2D eigenvalue weighted by Crippen LogP contribution is -2.48. The number of ketones is 1. The van der Waals surface area contributed by atoms with Crippen molar-refractivity contribution < 1.29 is 28.6 Å². The van der Waals surface area contributed by atoms with Crippen LogP contribution in [0.3, 0.4) is 0 Å². The molecule has 1 aliphatic rings. The van der Waals surface area contributed by atoms with Crippen LogP contribution in [0.15, 0.2) is 18.2 Å². The molecule has 1 aromatic rings. The van der Waals surface area contributed by atoms with E-state index >= 15 is 0 Å². The fraction of sp³-hybridized carbons (Fsp3) is 0.571. The van der Waals surface area contributed by atoms with Gasteiger partial charge in [0, 0.05) is 24.7 Å². The fourth-order valence-corrected chi connectivity index (χ4v) is 2.95. The van der Waals surface area contributed by atoms with Gasteiger partial charge < -0.3 is 24.4 Å². The molecule has 0 aliphatic carbocycles. The van der Waals surface area contributed by atoms with Gasteiger partial charge in [-0.15, -0.1) is 0 Å². The Labute approximate surface area is 171 Å². The molecule has 160 valence electrons. The quantitative estimate of drug-likeness (QED) is 0.730. The van der Waals surface area contributed by atoms with Crippen LogP contribution >= 0.6 is 0 Å². The van der Waals surface area contributed by atoms with Crippen molar-refractivity contribution in [1.82, 2.24) is 10.2 Å². The number of nitrogens with zero attached hydrogens (tertiary/aromatic N) is 1. The van der Waals surface area contributed by atoms with E-state index in [2.05, 4.69) is 5.32 Å². The molecule has 1 fully saturated rings. The average molecular weight is 406 g/mol. The fourth-order valence-electron chi connectivity index (χ4n) is 2.95. The van der Waals surface area contributed by atoms with Gasteiger partial charge in [0.25, 0.3) is 5.91 Å². The molecular weight excluding hydrogens is 376 g/mol. The summed E-state index contributed by atoms with van der Waals surface area (Å²) in [5.74, 6) is 0.465. The highest BCUT2D eigenvalue weighted by molar-refractivity contribution is 5.94. The van der Waals surface area contributed by atoms with Crippen LogP contribution in [0.2, 0.25) is 0 Å². The van der Waals surface area contributed by atoms with Crippen molar-refractivity contribution in [3.05, 3.63) is 23.8 Å². The SMILES string of the molecule is COc1cc(C(C)=O)ccc1OCC(=O)NC1CCN(C(=O)OC(C)(C)C)CC1. The van der Waals surface area contributed by atoms with Gasteiger partial charge in [-0.1, -0.05) is 0 Å². The summed E-state index contributed by atoms with van der Waals surface area (Å²) in [4.78, 5) is 37.4. The summed E-state index contributed by atoms with van der Waals surface area (Å²) in [5.41, 5.74) is -0.0150. The van der Waals surface area contributed by atoms with Crippen molar-refractivity contribution in [2.75, 3.05) is 26.8 Å². The molecular formula is C21H30N2O6. The van der Waals surface area contributed by atoms with E-state index in [-0.39, 0.29) is 30.4 Å². The number of methoxy groups -OCH3 is 1. The summed E-state index contributed by atoms with van der Waals surface area (Å²) in [6.07, 6.45) is 0.982. The number of amides is 2. The largest absolute Gasteiger partial charge is 0.493 e. The van der Waals surface area contributed by atoms with Crippen LogP contribution in [0.25, 0.3) is 0 Å². The molecule has 29 heavy (non-hydrogen) atoms. The number of hydrogen-bond acceptors (Lipinski definition) is 6. The first-order valence-electron chi connectivity index (χ1n) is 9.68. The van der Waals surface area contributed by atoms with E-state index in [0.717, 1.165) is 0 Å². The van der Waals surface area contributed by atoms with Gasteiger partial charge in [0.05, 0.1) is 7.11 Å². The predicted molar refractivity (Wildman–Crippen MR) is 107 cm³/mol. The molecule has 0 radical (unpaired) electrons. The van der Waals surface area contributed by atoms with Crippen molar-refractivity contribution in [1.29, 1.82) is 0 Å². The monoisotopic (exact) mass is 406 g/mol. The van der Waals surface area contributed by atoms with E-state index in [1.165, 1.54) is 14.0 Å². The number of rotatable bonds is 6. The summed E-state index contributed by atoms with van der Waals surface area (Å²) >= 11 is 0. The molecule has 1 saturated heterocycles. The smallest absolute Gasteiger partial charge is 0.410 e. The average Bonchev–Trinajstić information content (AvgIpc) is 2.65.